The van der Waals surface area contributed by atoms with Crippen LogP contribution in [0.1, 0.15) is 103 Å². The molecule has 0 unspecified atom stereocenters. The first-order valence-corrected chi connectivity index (χ1v) is 13.5. The molecular weight excluding hydrogens is 450 g/mol. The predicted octanol–water partition coefficient (Wildman–Crippen LogP) is 6.19. The number of likely N-dealkylation sites (N-methyl/N-ethyl adjacent to an activating group) is 1. The van der Waals surface area contributed by atoms with Gasteiger partial charge in [0.1, 0.15) is 6.54 Å². The van der Waals surface area contributed by atoms with Crippen molar-refractivity contribution in [2.24, 2.45) is 0 Å². The van der Waals surface area contributed by atoms with E-state index in [1.54, 1.807) is 0 Å². The Morgan fingerprint density at radius 1 is 0.944 bits per heavy atom. The molecule has 196 valence electrons. The number of benzene rings is 2. The van der Waals surface area contributed by atoms with E-state index in [1.165, 1.54) is 40.6 Å². The van der Waals surface area contributed by atoms with E-state index in [0.717, 1.165) is 56.9 Å². The van der Waals surface area contributed by atoms with Gasteiger partial charge in [0.2, 0.25) is 0 Å². The molecule has 1 aliphatic rings. The van der Waals surface area contributed by atoms with Crippen molar-refractivity contribution in [2.75, 3.05) is 13.6 Å². The summed E-state index contributed by atoms with van der Waals surface area (Å²) in [5.74, 6) is -1.30. The molecule has 0 saturated heterocycles. The minimum atomic E-state index is -1.03. The van der Waals surface area contributed by atoms with Crippen LogP contribution in [0.15, 0.2) is 36.4 Å². The Morgan fingerprint density at radius 2 is 1.53 bits per heavy atom. The molecule has 36 heavy (non-hydrogen) atoms. The van der Waals surface area contributed by atoms with E-state index in [-0.39, 0.29) is 17.9 Å². The van der Waals surface area contributed by atoms with Gasteiger partial charge in [0.25, 0.3) is 5.91 Å². The summed E-state index contributed by atoms with van der Waals surface area (Å²) in [5.41, 5.74) is 5.72. The van der Waals surface area contributed by atoms with Crippen molar-refractivity contribution in [3.05, 3.63) is 69.8 Å². The van der Waals surface area contributed by atoms with Gasteiger partial charge >= 0.3 is 5.97 Å². The number of aliphatic carboxylic acids is 1. The van der Waals surface area contributed by atoms with Gasteiger partial charge in [-0.05, 0) is 86.3 Å². The number of hydrogen-bond donors (Lipinski definition) is 2. The lowest BCUT2D eigenvalue weighted by atomic mass is 9.69. The molecule has 5 nitrogen and oxygen atoms in total. The molecule has 1 saturated carbocycles. The number of rotatable bonds is 10. The van der Waals surface area contributed by atoms with E-state index in [0.29, 0.717) is 5.56 Å². The van der Waals surface area contributed by atoms with Crippen LogP contribution in [-0.4, -0.2) is 46.2 Å². The topological polar surface area (TPSA) is 77.8 Å². The van der Waals surface area contributed by atoms with Gasteiger partial charge in [-0.15, -0.1) is 0 Å². The van der Waals surface area contributed by atoms with Crippen molar-refractivity contribution in [1.29, 1.82) is 0 Å². The van der Waals surface area contributed by atoms with Gasteiger partial charge in [0.05, 0.1) is 5.60 Å². The van der Waals surface area contributed by atoms with Crippen molar-refractivity contribution >= 4 is 11.9 Å². The molecule has 5 heteroatoms. The Kier molecular flexibility index (Phi) is 8.99. The summed E-state index contributed by atoms with van der Waals surface area (Å²) in [6.07, 6.45) is 8.90. The molecular formula is C31H43NO4. The number of hydrogen-bond acceptors (Lipinski definition) is 3. The third kappa shape index (κ3) is 6.00. The van der Waals surface area contributed by atoms with Crippen LogP contribution in [0, 0.1) is 13.8 Å². The number of nitrogens with zero attached hydrogens (tertiary/aromatic N) is 1. The van der Waals surface area contributed by atoms with Crippen LogP contribution in [0.3, 0.4) is 0 Å². The molecule has 0 bridgehead atoms. The van der Waals surface area contributed by atoms with Crippen molar-refractivity contribution < 1.29 is 19.8 Å². The molecule has 0 radical (unpaired) electrons. The van der Waals surface area contributed by atoms with Crippen LogP contribution in [0.25, 0.3) is 0 Å². The Labute approximate surface area is 216 Å². The van der Waals surface area contributed by atoms with E-state index >= 15 is 0 Å². The number of carboxylic acid groups (broad SMARTS) is 1. The number of aryl methyl sites for hydroxylation is 3. The summed E-state index contributed by atoms with van der Waals surface area (Å²) in [6, 6.07) is 12.8. The van der Waals surface area contributed by atoms with Gasteiger partial charge in [-0.3, -0.25) is 9.59 Å². The number of aliphatic hydroxyl groups is 1. The molecule has 2 aromatic rings. The van der Waals surface area contributed by atoms with Crippen molar-refractivity contribution in [3.8, 4) is 0 Å². The molecule has 1 fully saturated rings. The van der Waals surface area contributed by atoms with E-state index in [4.69, 9.17) is 5.11 Å². The lowest BCUT2D eigenvalue weighted by Gasteiger charge is -2.35. The average Bonchev–Trinajstić information content (AvgIpc) is 2.84. The normalized spacial score (nSPS) is 15.5. The van der Waals surface area contributed by atoms with Gasteiger partial charge in [0.15, 0.2) is 0 Å². The van der Waals surface area contributed by atoms with E-state index in [2.05, 4.69) is 45.0 Å². The van der Waals surface area contributed by atoms with Crippen LogP contribution < -0.4 is 0 Å². The second kappa shape index (κ2) is 11.6. The van der Waals surface area contributed by atoms with E-state index < -0.39 is 11.6 Å². The smallest absolute Gasteiger partial charge is 0.323 e. The Morgan fingerprint density at radius 3 is 2.06 bits per heavy atom. The largest absolute Gasteiger partial charge is 0.480 e. The van der Waals surface area contributed by atoms with Crippen LogP contribution in [0.5, 0.6) is 0 Å². The molecule has 1 aliphatic carbocycles. The van der Waals surface area contributed by atoms with Gasteiger partial charge in [-0.2, -0.15) is 0 Å². The van der Waals surface area contributed by atoms with Crippen LogP contribution >= 0.6 is 0 Å². The third-order valence-corrected chi connectivity index (χ3v) is 8.47. The van der Waals surface area contributed by atoms with Crippen molar-refractivity contribution in [1.82, 2.24) is 4.90 Å². The highest BCUT2D eigenvalue weighted by Crippen LogP contribution is 2.40. The maximum absolute atomic E-state index is 12.8. The Hall–Kier alpha value is -2.66. The molecule has 2 N–H and O–H groups in total. The van der Waals surface area contributed by atoms with Crippen LogP contribution in [-0.2, 0) is 16.6 Å². The number of carbonyl (C=O) groups excluding carboxylic acids is 1. The third-order valence-electron chi connectivity index (χ3n) is 8.47. The summed E-state index contributed by atoms with van der Waals surface area (Å²) in [5, 5.41) is 20.0. The molecule has 0 atom stereocenters. The molecule has 0 heterocycles. The molecule has 1 amide bonds. The van der Waals surface area contributed by atoms with Gasteiger partial charge in [-0.1, -0.05) is 63.4 Å². The zero-order chi connectivity index (χ0) is 26.5. The fraction of sp³-hybridized carbons (Fsp3) is 0.548. The van der Waals surface area contributed by atoms with Gasteiger partial charge in [-0.25, -0.2) is 0 Å². The minimum absolute atomic E-state index is 0.176. The first-order chi connectivity index (χ1) is 17.0. The predicted molar refractivity (Wildman–Crippen MR) is 145 cm³/mol. The standard InChI is InChI=1S/C31H43NO4/c1-6-31(7-2,26-13-14-27(23(4)20-26)29(35)32(5)21-28(33)34)25-12-11-24(22(3)19-25)15-18-30(36)16-9-8-10-17-30/h11-14,19-20,36H,6-10,15-18,21H2,1-5H3,(H,33,34). The van der Waals surface area contributed by atoms with Crippen LogP contribution in [0.4, 0.5) is 0 Å². The molecule has 3 rings (SSSR count). The zero-order valence-electron chi connectivity index (χ0n) is 22.7. The van der Waals surface area contributed by atoms with E-state index in [9.17, 15) is 14.7 Å². The maximum atomic E-state index is 12.8. The lowest BCUT2D eigenvalue weighted by molar-refractivity contribution is -0.137. The second-order valence-corrected chi connectivity index (χ2v) is 10.8. The summed E-state index contributed by atoms with van der Waals surface area (Å²) < 4.78 is 0. The molecule has 0 aliphatic heterocycles. The van der Waals surface area contributed by atoms with Crippen molar-refractivity contribution in [2.45, 2.75) is 96.5 Å². The Bertz CT molecular complexity index is 1080. The monoisotopic (exact) mass is 493 g/mol. The average molecular weight is 494 g/mol. The van der Waals surface area contributed by atoms with E-state index in [1.807, 2.05) is 19.1 Å². The molecule has 0 aromatic heterocycles. The summed E-state index contributed by atoms with van der Waals surface area (Å²) in [6.45, 7) is 8.19. The quantitative estimate of drug-likeness (QED) is 0.413. The maximum Gasteiger partial charge on any atom is 0.323 e. The molecule has 2 aromatic carbocycles. The van der Waals surface area contributed by atoms with Crippen LogP contribution in [0.2, 0.25) is 0 Å². The summed E-state index contributed by atoms with van der Waals surface area (Å²) >= 11 is 0. The second-order valence-electron chi connectivity index (χ2n) is 10.8. The fourth-order valence-corrected chi connectivity index (χ4v) is 6.02. The first kappa shape index (κ1) is 27.9. The summed E-state index contributed by atoms with van der Waals surface area (Å²) in [4.78, 5) is 25.1. The highest BCUT2D eigenvalue weighted by atomic mass is 16.4. The van der Waals surface area contributed by atoms with Crippen molar-refractivity contribution in [3.63, 3.8) is 0 Å². The highest BCUT2D eigenvalue weighted by molar-refractivity contribution is 5.97. The fourth-order valence-electron chi connectivity index (χ4n) is 6.02. The SMILES string of the molecule is CCC(CC)(c1ccc(CCC2(O)CCCCC2)c(C)c1)c1ccc(C(=O)N(C)CC(=O)O)c(C)c1. The number of carboxylic acids is 1. The Balaban J connectivity index is 1.87. The highest BCUT2D eigenvalue weighted by Gasteiger charge is 2.32. The van der Waals surface area contributed by atoms with Gasteiger partial charge < -0.3 is 15.1 Å². The minimum Gasteiger partial charge on any atom is -0.480 e. The van der Waals surface area contributed by atoms with Gasteiger partial charge in [0, 0.05) is 18.0 Å². The molecule has 0 spiro atoms. The number of carbonyl (C=O) groups is 2. The summed E-state index contributed by atoms with van der Waals surface area (Å²) in [7, 11) is 1.52. The first-order valence-electron chi connectivity index (χ1n) is 13.5. The zero-order valence-corrected chi connectivity index (χ0v) is 22.7. The lowest BCUT2D eigenvalue weighted by Crippen LogP contribution is -2.32. The number of amides is 1.